The van der Waals surface area contributed by atoms with Crippen LogP contribution in [0, 0.1) is 0 Å². The monoisotopic (exact) mass is 800 g/mol. The van der Waals surface area contributed by atoms with Crippen molar-refractivity contribution in [2.24, 2.45) is 7.05 Å². The van der Waals surface area contributed by atoms with E-state index < -0.39 is 12.2 Å². The van der Waals surface area contributed by atoms with Crippen LogP contribution in [0.3, 0.4) is 0 Å². The highest BCUT2D eigenvalue weighted by atomic mass is 16.3. The molecule has 0 bridgehead atoms. The van der Waals surface area contributed by atoms with Crippen molar-refractivity contribution in [2.75, 3.05) is 58.9 Å². The Morgan fingerprint density at radius 3 is 2.32 bits per heavy atom. The molecule has 5 heterocycles. The van der Waals surface area contributed by atoms with E-state index in [1.165, 1.54) is 0 Å². The van der Waals surface area contributed by atoms with E-state index >= 15 is 0 Å². The van der Waals surface area contributed by atoms with Crippen molar-refractivity contribution in [3.8, 4) is 5.75 Å². The van der Waals surface area contributed by atoms with Gasteiger partial charge in [-0.1, -0.05) is 66.7 Å². The summed E-state index contributed by atoms with van der Waals surface area (Å²) >= 11 is 0. The number of carbonyl (C=O) groups is 5. The van der Waals surface area contributed by atoms with Gasteiger partial charge in [-0.15, -0.1) is 6.58 Å². The molecule has 0 spiro atoms. The molecule has 1 N–H and O–H groups in total. The molecule has 3 aromatic carbocycles. The van der Waals surface area contributed by atoms with Crippen LogP contribution in [-0.4, -0.2) is 151 Å². The van der Waals surface area contributed by atoms with E-state index in [-0.39, 0.29) is 80.3 Å². The fraction of sp³-hybridized carbons (Fsp3) is 0.400. The fourth-order valence-electron chi connectivity index (χ4n) is 9.42. The summed E-state index contributed by atoms with van der Waals surface area (Å²) in [6.07, 6.45) is 3.67. The summed E-state index contributed by atoms with van der Waals surface area (Å²) in [6.45, 7) is 9.92. The second kappa shape index (κ2) is 16.7. The largest absolute Gasteiger partial charge is 0.508 e. The Morgan fingerprint density at radius 2 is 1.59 bits per heavy atom. The number of benzene rings is 3. The highest BCUT2D eigenvalue weighted by molar-refractivity contribution is 6.08. The molecule has 14 heteroatoms. The molecule has 4 aromatic rings. The van der Waals surface area contributed by atoms with Crippen LogP contribution >= 0.6 is 0 Å². The van der Waals surface area contributed by atoms with Gasteiger partial charge in [0.05, 0.1) is 24.2 Å². The number of aryl methyl sites for hydroxylation is 2. The van der Waals surface area contributed by atoms with E-state index in [2.05, 4.69) is 11.5 Å². The number of hydrogen-bond donors (Lipinski definition) is 1. The molecule has 1 unspecified atom stereocenters. The highest BCUT2D eigenvalue weighted by Crippen LogP contribution is 2.33. The van der Waals surface area contributed by atoms with Gasteiger partial charge in [0, 0.05) is 96.8 Å². The van der Waals surface area contributed by atoms with Gasteiger partial charge in [-0.25, -0.2) is 10.0 Å². The molecule has 4 aliphatic rings. The number of phenolic OH excluding ortho intramolecular Hbond substituents is 1. The molecule has 4 saturated heterocycles. The van der Waals surface area contributed by atoms with Crippen LogP contribution in [0.5, 0.6) is 5.75 Å². The third kappa shape index (κ3) is 7.94. The number of phenols is 1. The maximum absolute atomic E-state index is 14.8. The summed E-state index contributed by atoms with van der Waals surface area (Å²) in [5.74, 6) is -0.587. The van der Waals surface area contributed by atoms with Crippen molar-refractivity contribution in [3.05, 3.63) is 114 Å². The Morgan fingerprint density at radius 1 is 0.864 bits per heavy atom. The third-order valence-electron chi connectivity index (χ3n) is 12.4. The predicted molar refractivity (Wildman–Crippen MR) is 221 cm³/mol. The van der Waals surface area contributed by atoms with Gasteiger partial charge in [0.2, 0.25) is 23.6 Å². The van der Waals surface area contributed by atoms with Crippen LogP contribution in [0.4, 0.5) is 0 Å². The van der Waals surface area contributed by atoms with Gasteiger partial charge in [0.1, 0.15) is 18.0 Å². The predicted octanol–water partition coefficient (Wildman–Crippen LogP) is 2.86. The van der Waals surface area contributed by atoms with Crippen molar-refractivity contribution < 1.29 is 29.1 Å². The quantitative estimate of drug-likeness (QED) is 0.243. The van der Waals surface area contributed by atoms with Crippen molar-refractivity contribution >= 4 is 40.4 Å². The molecule has 0 saturated carbocycles. The fourth-order valence-corrected chi connectivity index (χ4v) is 9.42. The molecule has 8 rings (SSSR count). The van der Waals surface area contributed by atoms with Crippen LogP contribution in [0.2, 0.25) is 0 Å². The zero-order valence-corrected chi connectivity index (χ0v) is 33.8. The standard InChI is InChI=1S/C45H52N8O6/c1-4-19-51-30-42(57)52-39(24-33-13-16-36(55)17-14-33)45(59)50(29-40(52)53(51)41(56)18-15-32-9-6-5-7-10-32)25-34-11-8-12-37-38(28-46(3)43(34)37)44(58)49-23-21-47-20-22-48(31(2)54)26-35(47)27-49/h4-14,16-17,28,35,39-40,55H,1,15,18-27,29-30H2,2-3H3/t35?,39-,40-/m0/s1. The van der Waals surface area contributed by atoms with Crippen molar-refractivity contribution in [1.82, 2.24) is 39.1 Å². The van der Waals surface area contributed by atoms with Crippen molar-refractivity contribution in [2.45, 2.75) is 51.0 Å². The number of rotatable bonds is 10. The lowest BCUT2D eigenvalue weighted by molar-refractivity contribution is -0.205. The van der Waals surface area contributed by atoms with Gasteiger partial charge in [-0.2, -0.15) is 0 Å². The summed E-state index contributed by atoms with van der Waals surface area (Å²) < 4.78 is 1.94. The van der Waals surface area contributed by atoms with Crippen LogP contribution in [-0.2, 0) is 45.6 Å². The molecular formula is C45H52N8O6. The van der Waals surface area contributed by atoms with E-state index in [9.17, 15) is 29.1 Å². The number of nitrogens with zero attached hydrogens (tertiary/aromatic N) is 8. The minimum Gasteiger partial charge on any atom is -0.508 e. The Labute approximate surface area is 344 Å². The molecule has 5 amide bonds. The number of piperazine rings is 3. The molecule has 0 aliphatic carbocycles. The lowest BCUT2D eigenvalue weighted by Gasteiger charge is -2.55. The zero-order chi connectivity index (χ0) is 41.4. The van der Waals surface area contributed by atoms with E-state index in [4.69, 9.17) is 0 Å². The topological polar surface area (TPSA) is 133 Å². The Bertz CT molecular complexity index is 2260. The smallest absolute Gasteiger partial charge is 0.256 e. The van der Waals surface area contributed by atoms with Crippen LogP contribution < -0.4 is 0 Å². The van der Waals surface area contributed by atoms with Crippen molar-refractivity contribution in [3.63, 3.8) is 0 Å². The number of hydrazine groups is 1. The third-order valence-corrected chi connectivity index (χ3v) is 12.4. The molecular weight excluding hydrogens is 749 g/mol. The van der Waals surface area contributed by atoms with E-state index in [0.29, 0.717) is 38.2 Å². The van der Waals surface area contributed by atoms with Gasteiger partial charge in [0.15, 0.2) is 0 Å². The zero-order valence-electron chi connectivity index (χ0n) is 33.8. The average Bonchev–Trinajstić information content (AvgIpc) is 3.58. The minimum absolute atomic E-state index is 0.0489. The highest BCUT2D eigenvalue weighted by Gasteiger charge is 2.51. The van der Waals surface area contributed by atoms with E-state index in [1.807, 2.05) is 76.1 Å². The van der Waals surface area contributed by atoms with Crippen molar-refractivity contribution in [1.29, 1.82) is 0 Å². The van der Waals surface area contributed by atoms with Gasteiger partial charge < -0.3 is 29.3 Å². The lowest BCUT2D eigenvalue weighted by atomic mass is 9.97. The first-order valence-corrected chi connectivity index (χ1v) is 20.5. The number of aromatic hydroxyl groups is 1. The molecule has 308 valence electrons. The molecule has 3 atom stereocenters. The normalized spacial score (nSPS) is 21.5. The maximum Gasteiger partial charge on any atom is 0.256 e. The molecule has 4 aliphatic heterocycles. The van der Waals surface area contributed by atoms with E-state index in [0.717, 1.165) is 40.7 Å². The summed E-state index contributed by atoms with van der Waals surface area (Å²) in [4.78, 5) is 79.1. The first-order chi connectivity index (χ1) is 28.5. The van der Waals surface area contributed by atoms with Gasteiger partial charge in [-0.05, 0) is 35.2 Å². The van der Waals surface area contributed by atoms with E-state index in [1.54, 1.807) is 57.1 Å². The van der Waals surface area contributed by atoms with Crippen LogP contribution in [0.25, 0.3) is 10.9 Å². The Hall–Kier alpha value is -5.99. The number of fused-ring (bicyclic) bond motifs is 3. The van der Waals surface area contributed by atoms with Gasteiger partial charge >= 0.3 is 0 Å². The minimum atomic E-state index is -0.914. The maximum atomic E-state index is 14.8. The number of carbonyl (C=O) groups excluding carboxylic acids is 5. The Balaban J connectivity index is 1.10. The number of hydrogen-bond acceptors (Lipinski definition) is 8. The molecule has 1 aromatic heterocycles. The van der Waals surface area contributed by atoms with Crippen LogP contribution in [0.1, 0.15) is 40.4 Å². The SMILES string of the molecule is C=CCN1CC(=O)N2[C@@H](Cc3ccc(O)cc3)C(=O)N(Cc3cccc4c(C(=O)N5CCN6CCN(C(C)=O)CC6C5)cn(C)c34)C[C@@H]2N1C(=O)CCc1ccccc1. The number of para-hydroxylation sites is 1. The second-order valence-electron chi connectivity index (χ2n) is 16.1. The lowest BCUT2D eigenvalue weighted by Crippen LogP contribution is -2.75. The molecule has 0 radical (unpaired) electrons. The Kier molecular flexibility index (Phi) is 11.3. The summed E-state index contributed by atoms with van der Waals surface area (Å²) in [7, 11) is 1.90. The number of amides is 5. The molecule has 14 nitrogen and oxygen atoms in total. The summed E-state index contributed by atoms with van der Waals surface area (Å²) in [5, 5.41) is 14.2. The molecule has 4 fully saturated rings. The first kappa shape index (κ1) is 39.8. The van der Waals surface area contributed by atoms with Gasteiger partial charge in [-0.3, -0.25) is 28.9 Å². The number of aromatic nitrogens is 1. The molecule has 59 heavy (non-hydrogen) atoms. The average molecular weight is 801 g/mol. The first-order valence-electron chi connectivity index (χ1n) is 20.5. The summed E-state index contributed by atoms with van der Waals surface area (Å²) in [5.41, 5.74) is 4.02. The van der Waals surface area contributed by atoms with Crippen LogP contribution in [0.15, 0.2) is 91.6 Å². The summed E-state index contributed by atoms with van der Waals surface area (Å²) in [6, 6.07) is 21.4. The van der Waals surface area contributed by atoms with Gasteiger partial charge in [0.25, 0.3) is 5.91 Å². The second-order valence-corrected chi connectivity index (χ2v) is 16.1.